The van der Waals surface area contributed by atoms with Crippen LogP contribution in [0.5, 0.6) is 0 Å². The Morgan fingerprint density at radius 3 is 3.23 bits per heavy atom. The van der Waals surface area contributed by atoms with E-state index >= 15 is 0 Å². The fourth-order valence-corrected chi connectivity index (χ4v) is 2.19. The number of likely N-dealkylation sites (N-methyl/N-ethyl adjacent to an activating group) is 1. The van der Waals surface area contributed by atoms with E-state index in [1.165, 1.54) is 11.3 Å². The molecular weight excluding hydrogens is 228 g/mol. The monoisotopic (exact) mass is 240 g/mol. The van der Waals surface area contributed by atoms with Gasteiger partial charge in [0.2, 0.25) is 0 Å². The molecule has 0 bridgehead atoms. The van der Waals surface area contributed by atoms with Crippen LogP contribution in [0, 0.1) is 0 Å². The Labute approximate surface area is 86.9 Å². The van der Waals surface area contributed by atoms with Crippen molar-refractivity contribution in [2.75, 3.05) is 18.9 Å². The van der Waals surface area contributed by atoms with Crippen molar-refractivity contribution in [1.29, 1.82) is 0 Å². The number of fused-ring (bicyclic) bond motifs is 1. The number of anilines is 1. The van der Waals surface area contributed by atoms with Crippen LogP contribution in [-0.4, -0.2) is 19.6 Å². The summed E-state index contributed by atoms with van der Waals surface area (Å²) in [6, 6.07) is 6.95. The van der Waals surface area contributed by atoms with Gasteiger partial charge in [0.25, 0.3) is 0 Å². The smallest absolute Gasteiger partial charge is 0.0427 e. The topological polar surface area (TPSA) is 24.1 Å². The molecule has 0 saturated heterocycles. The van der Waals surface area contributed by atoms with Gasteiger partial charge >= 0.3 is 0 Å². The minimum Gasteiger partial charge on any atom is -0.380 e. The van der Waals surface area contributed by atoms with E-state index in [4.69, 9.17) is 0 Å². The highest BCUT2D eigenvalue weighted by Gasteiger charge is 2.19. The lowest BCUT2D eigenvalue weighted by molar-refractivity contribution is 0.673. The third kappa shape index (κ3) is 1.86. The van der Waals surface area contributed by atoms with E-state index in [1.54, 1.807) is 0 Å². The third-order valence-corrected chi connectivity index (χ3v) is 2.84. The van der Waals surface area contributed by atoms with Crippen LogP contribution in [-0.2, 0) is 6.42 Å². The largest absolute Gasteiger partial charge is 0.380 e. The van der Waals surface area contributed by atoms with E-state index in [2.05, 4.69) is 44.8 Å². The fraction of sp³-hybridized carbons (Fsp3) is 0.400. The van der Waals surface area contributed by atoms with Gasteiger partial charge in [-0.25, -0.2) is 0 Å². The van der Waals surface area contributed by atoms with Gasteiger partial charge in [0.05, 0.1) is 0 Å². The summed E-state index contributed by atoms with van der Waals surface area (Å²) in [6.45, 7) is 1.02. The lowest BCUT2D eigenvalue weighted by Crippen LogP contribution is -2.28. The van der Waals surface area contributed by atoms with E-state index in [-0.39, 0.29) is 0 Å². The minimum absolute atomic E-state index is 0.550. The summed E-state index contributed by atoms with van der Waals surface area (Å²) < 4.78 is 1.16. The van der Waals surface area contributed by atoms with Crippen LogP contribution in [0.25, 0.3) is 0 Å². The van der Waals surface area contributed by atoms with Gasteiger partial charge < -0.3 is 10.6 Å². The van der Waals surface area contributed by atoms with Crippen LogP contribution in [0.4, 0.5) is 5.69 Å². The van der Waals surface area contributed by atoms with Gasteiger partial charge in [-0.15, -0.1) is 0 Å². The second-order valence-corrected chi connectivity index (χ2v) is 4.32. The van der Waals surface area contributed by atoms with Gasteiger partial charge in [-0.2, -0.15) is 0 Å². The average molecular weight is 241 g/mol. The molecule has 1 atom stereocenters. The quantitative estimate of drug-likeness (QED) is 0.827. The fourth-order valence-electron chi connectivity index (χ4n) is 1.78. The molecule has 0 amide bonds. The van der Waals surface area contributed by atoms with E-state index in [9.17, 15) is 0 Å². The highest BCUT2D eigenvalue weighted by molar-refractivity contribution is 9.10. The Balaban J connectivity index is 2.16. The molecule has 2 nitrogen and oxygen atoms in total. The van der Waals surface area contributed by atoms with Gasteiger partial charge in [0.1, 0.15) is 0 Å². The molecule has 2 rings (SSSR count). The first-order valence-corrected chi connectivity index (χ1v) is 5.28. The summed E-state index contributed by atoms with van der Waals surface area (Å²) in [5, 5.41) is 6.66. The van der Waals surface area contributed by atoms with E-state index in [0.29, 0.717) is 6.04 Å². The Kier molecular flexibility index (Phi) is 2.56. The highest BCUT2D eigenvalue weighted by atomic mass is 79.9. The van der Waals surface area contributed by atoms with Crippen LogP contribution in [0.1, 0.15) is 5.56 Å². The van der Waals surface area contributed by atoms with E-state index in [1.807, 2.05) is 7.05 Å². The first-order valence-electron chi connectivity index (χ1n) is 4.49. The molecule has 13 heavy (non-hydrogen) atoms. The summed E-state index contributed by atoms with van der Waals surface area (Å²) in [6.07, 6.45) is 1.12. The normalized spacial score (nSPS) is 19.7. The van der Waals surface area contributed by atoms with E-state index in [0.717, 1.165) is 17.4 Å². The molecule has 1 heterocycles. The van der Waals surface area contributed by atoms with E-state index < -0.39 is 0 Å². The minimum atomic E-state index is 0.550. The molecule has 1 aromatic carbocycles. The summed E-state index contributed by atoms with van der Waals surface area (Å²) in [5.41, 5.74) is 2.69. The molecule has 1 aromatic rings. The van der Waals surface area contributed by atoms with Gasteiger partial charge in [-0.3, -0.25) is 0 Å². The third-order valence-electron chi connectivity index (χ3n) is 2.34. The van der Waals surface area contributed by atoms with Crippen molar-refractivity contribution in [1.82, 2.24) is 5.32 Å². The molecule has 0 aromatic heterocycles. The average Bonchev–Trinajstić information content (AvgIpc) is 2.46. The van der Waals surface area contributed by atoms with Crippen molar-refractivity contribution in [2.24, 2.45) is 0 Å². The molecule has 0 fully saturated rings. The summed E-state index contributed by atoms with van der Waals surface area (Å²) in [7, 11) is 1.99. The number of rotatable bonds is 2. The zero-order chi connectivity index (χ0) is 9.26. The van der Waals surface area contributed by atoms with Gasteiger partial charge in [-0.05, 0) is 37.2 Å². The Bertz CT molecular complexity index is 312. The predicted molar refractivity (Wildman–Crippen MR) is 59.2 cm³/mol. The Morgan fingerprint density at radius 2 is 2.46 bits per heavy atom. The summed E-state index contributed by atoms with van der Waals surface area (Å²) >= 11 is 3.48. The van der Waals surface area contributed by atoms with Crippen LogP contribution >= 0.6 is 15.9 Å². The lowest BCUT2D eigenvalue weighted by atomic mass is 10.1. The van der Waals surface area contributed by atoms with Crippen molar-refractivity contribution in [3.8, 4) is 0 Å². The maximum absolute atomic E-state index is 3.48. The van der Waals surface area contributed by atoms with Gasteiger partial charge in [-0.1, -0.05) is 15.9 Å². The molecule has 2 N–H and O–H groups in total. The van der Waals surface area contributed by atoms with Crippen molar-refractivity contribution >= 4 is 21.6 Å². The van der Waals surface area contributed by atoms with Crippen LogP contribution in [0.2, 0.25) is 0 Å². The van der Waals surface area contributed by atoms with Crippen molar-refractivity contribution < 1.29 is 0 Å². The number of hydrogen-bond donors (Lipinski definition) is 2. The molecule has 1 aliphatic rings. The Morgan fingerprint density at radius 1 is 1.62 bits per heavy atom. The molecule has 0 radical (unpaired) electrons. The SMILES string of the molecule is CNCC1Cc2cc(Br)ccc2N1. The molecule has 1 unspecified atom stereocenters. The van der Waals surface area contributed by atoms with Crippen LogP contribution in [0.15, 0.2) is 22.7 Å². The predicted octanol–water partition coefficient (Wildman–Crippen LogP) is 2.01. The second kappa shape index (κ2) is 3.68. The van der Waals surface area contributed by atoms with Gasteiger partial charge in [0.15, 0.2) is 0 Å². The summed E-state index contributed by atoms with van der Waals surface area (Å²) in [5.74, 6) is 0. The maximum Gasteiger partial charge on any atom is 0.0427 e. The van der Waals surface area contributed by atoms with Crippen molar-refractivity contribution in [3.05, 3.63) is 28.2 Å². The molecule has 70 valence electrons. The van der Waals surface area contributed by atoms with Crippen molar-refractivity contribution in [3.63, 3.8) is 0 Å². The molecule has 0 aliphatic carbocycles. The van der Waals surface area contributed by atoms with Gasteiger partial charge in [0, 0.05) is 22.7 Å². The molecule has 1 aliphatic heterocycles. The van der Waals surface area contributed by atoms with Crippen LogP contribution in [0.3, 0.4) is 0 Å². The summed E-state index contributed by atoms with van der Waals surface area (Å²) in [4.78, 5) is 0. The Hall–Kier alpha value is -0.540. The molecular formula is C10H13BrN2. The first-order chi connectivity index (χ1) is 6.29. The second-order valence-electron chi connectivity index (χ2n) is 3.40. The maximum atomic E-state index is 3.48. The number of hydrogen-bond acceptors (Lipinski definition) is 2. The number of halogens is 1. The number of nitrogens with one attached hydrogen (secondary N) is 2. The standard InChI is InChI=1S/C10H13BrN2/c1-12-6-9-5-7-4-8(11)2-3-10(7)13-9/h2-4,9,12-13H,5-6H2,1H3. The zero-order valence-electron chi connectivity index (χ0n) is 7.60. The molecule has 3 heteroatoms. The molecule has 0 saturated carbocycles. The lowest BCUT2D eigenvalue weighted by Gasteiger charge is -2.09. The highest BCUT2D eigenvalue weighted by Crippen LogP contribution is 2.28. The zero-order valence-corrected chi connectivity index (χ0v) is 9.19. The van der Waals surface area contributed by atoms with Crippen molar-refractivity contribution in [2.45, 2.75) is 12.5 Å². The van der Waals surface area contributed by atoms with Crippen LogP contribution < -0.4 is 10.6 Å². The number of benzene rings is 1. The molecule has 0 spiro atoms. The first kappa shape index (κ1) is 9.03.